The summed E-state index contributed by atoms with van der Waals surface area (Å²) in [7, 11) is 0. The Hall–Kier alpha value is -4.45. The summed E-state index contributed by atoms with van der Waals surface area (Å²) in [6.45, 7) is 0.939. The second-order valence-corrected chi connectivity index (χ2v) is 7.96. The molecule has 0 spiro atoms. The zero-order valence-corrected chi connectivity index (χ0v) is 18.3. The van der Waals surface area contributed by atoms with Crippen molar-refractivity contribution in [3.8, 4) is 5.75 Å². The molecule has 0 bridgehead atoms. The van der Waals surface area contributed by atoms with Gasteiger partial charge in [0.25, 0.3) is 5.91 Å². The van der Waals surface area contributed by atoms with Crippen LogP contribution in [0.4, 0.5) is 10.1 Å². The predicted molar refractivity (Wildman–Crippen MR) is 130 cm³/mol. The molecule has 0 aliphatic rings. The van der Waals surface area contributed by atoms with Crippen molar-refractivity contribution in [1.29, 1.82) is 0 Å². The Morgan fingerprint density at radius 1 is 0.912 bits per heavy atom. The molecule has 5 rings (SSSR count). The number of rotatable bonds is 7. The third-order valence-electron chi connectivity index (χ3n) is 5.54. The van der Waals surface area contributed by atoms with Crippen LogP contribution in [0.2, 0.25) is 0 Å². The summed E-state index contributed by atoms with van der Waals surface area (Å²) in [5, 5.41) is 9.67. The van der Waals surface area contributed by atoms with Crippen LogP contribution in [0.1, 0.15) is 21.5 Å². The summed E-state index contributed by atoms with van der Waals surface area (Å²) >= 11 is 0. The van der Waals surface area contributed by atoms with E-state index in [9.17, 15) is 9.18 Å². The lowest BCUT2D eigenvalue weighted by Crippen LogP contribution is -2.11. The molecule has 4 aromatic carbocycles. The predicted octanol–water partition coefficient (Wildman–Crippen LogP) is 6.06. The number of nitrogens with one attached hydrogen (secondary N) is 1. The molecule has 1 N–H and O–H groups in total. The lowest BCUT2D eigenvalue weighted by atomic mass is 10.0. The van der Waals surface area contributed by atoms with Crippen LogP contribution in [-0.2, 0) is 13.2 Å². The first-order chi connectivity index (χ1) is 16.6. The van der Waals surface area contributed by atoms with Crippen LogP contribution in [0.25, 0.3) is 10.8 Å². The first kappa shape index (κ1) is 21.4. The summed E-state index contributed by atoms with van der Waals surface area (Å²) in [5.74, 6) is 0.0706. The molecule has 1 amide bonds. The zero-order chi connectivity index (χ0) is 23.3. The fraction of sp³-hybridized carbons (Fsp3) is 0.0714. The number of nitrogens with zero attached hydrogens (tertiary/aromatic N) is 2. The minimum atomic E-state index is -0.304. The lowest BCUT2D eigenvalue weighted by Gasteiger charge is -2.08. The molecule has 1 heterocycles. The highest BCUT2D eigenvalue weighted by molar-refractivity contribution is 6.04. The maximum atomic E-state index is 13.0. The standard InChI is InChI=1S/C28H22FN3O2/c29-24-12-14-26(15-13-24)34-19-20-8-10-22(11-9-20)28(33)31-25-16-30-32(18-25)17-23-6-3-5-21-4-1-2-7-27(21)23/h1-16,18H,17,19H2,(H,31,33). The smallest absolute Gasteiger partial charge is 0.255 e. The van der Waals surface area contributed by atoms with Gasteiger partial charge >= 0.3 is 0 Å². The molecule has 0 atom stereocenters. The van der Waals surface area contributed by atoms with E-state index in [4.69, 9.17) is 4.74 Å². The van der Waals surface area contributed by atoms with Gasteiger partial charge < -0.3 is 10.1 Å². The van der Waals surface area contributed by atoms with Gasteiger partial charge in [-0.1, -0.05) is 54.6 Å². The number of aromatic nitrogens is 2. The molecule has 0 fully saturated rings. The Labute approximate surface area is 196 Å². The van der Waals surface area contributed by atoms with Crippen molar-refractivity contribution in [2.24, 2.45) is 0 Å². The van der Waals surface area contributed by atoms with Gasteiger partial charge in [-0.05, 0) is 58.3 Å². The molecule has 0 saturated heterocycles. The van der Waals surface area contributed by atoms with Crippen LogP contribution in [0.3, 0.4) is 0 Å². The topological polar surface area (TPSA) is 56.2 Å². The third kappa shape index (κ3) is 4.96. The van der Waals surface area contributed by atoms with Crippen molar-refractivity contribution in [3.63, 3.8) is 0 Å². The average molecular weight is 452 g/mol. The van der Waals surface area contributed by atoms with Crippen LogP contribution < -0.4 is 10.1 Å². The van der Waals surface area contributed by atoms with Crippen molar-refractivity contribution in [1.82, 2.24) is 9.78 Å². The molecule has 5 aromatic rings. The van der Waals surface area contributed by atoms with Crippen molar-refractivity contribution in [3.05, 3.63) is 126 Å². The molecule has 1 aromatic heterocycles. The van der Waals surface area contributed by atoms with E-state index in [1.807, 2.05) is 41.2 Å². The maximum absolute atomic E-state index is 13.0. The number of hydrogen-bond acceptors (Lipinski definition) is 3. The fourth-order valence-corrected chi connectivity index (χ4v) is 3.77. The van der Waals surface area contributed by atoms with Crippen molar-refractivity contribution >= 4 is 22.4 Å². The van der Waals surface area contributed by atoms with E-state index >= 15 is 0 Å². The molecule has 0 saturated carbocycles. The highest BCUT2D eigenvalue weighted by Crippen LogP contribution is 2.20. The van der Waals surface area contributed by atoms with Crippen LogP contribution in [-0.4, -0.2) is 15.7 Å². The van der Waals surface area contributed by atoms with Crippen LogP contribution >= 0.6 is 0 Å². The van der Waals surface area contributed by atoms with Gasteiger partial charge in [0.2, 0.25) is 0 Å². The van der Waals surface area contributed by atoms with Gasteiger partial charge in [-0.2, -0.15) is 5.10 Å². The number of carbonyl (C=O) groups excluding carboxylic acids is 1. The first-order valence-corrected chi connectivity index (χ1v) is 10.9. The second kappa shape index (κ2) is 9.58. The van der Waals surface area contributed by atoms with Gasteiger partial charge in [0.05, 0.1) is 18.4 Å². The number of anilines is 1. The summed E-state index contributed by atoms with van der Waals surface area (Å²) in [6, 6.07) is 27.5. The van der Waals surface area contributed by atoms with Crippen LogP contribution in [0, 0.1) is 5.82 Å². The molecular formula is C28H22FN3O2. The largest absolute Gasteiger partial charge is 0.489 e. The van der Waals surface area contributed by atoms with E-state index in [-0.39, 0.29) is 11.7 Å². The Kier molecular flexibility index (Phi) is 6.03. The minimum Gasteiger partial charge on any atom is -0.489 e. The van der Waals surface area contributed by atoms with Gasteiger partial charge in [0, 0.05) is 11.8 Å². The van der Waals surface area contributed by atoms with E-state index in [0.29, 0.717) is 30.2 Å². The van der Waals surface area contributed by atoms with Gasteiger partial charge in [0.15, 0.2) is 0 Å². The molecule has 6 heteroatoms. The molecule has 0 radical (unpaired) electrons. The van der Waals surface area contributed by atoms with Gasteiger partial charge in [0.1, 0.15) is 18.2 Å². The fourth-order valence-electron chi connectivity index (χ4n) is 3.77. The Morgan fingerprint density at radius 2 is 1.68 bits per heavy atom. The number of ether oxygens (including phenoxy) is 1. The summed E-state index contributed by atoms with van der Waals surface area (Å²) in [4.78, 5) is 12.7. The lowest BCUT2D eigenvalue weighted by molar-refractivity contribution is 0.102. The highest BCUT2D eigenvalue weighted by atomic mass is 19.1. The Morgan fingerprint density at radius 3 is 2.50 bits per heavy atom. The monoisotopic (exact) mass is 451 g/mol. The molecule has 34 heavy (non-hydrogen) atoms. The average Bonchev–Trinajstić information content (AvgIpc) is 3.31. The van der Waals surface area contributed by atoms with Gasteiger partial charge in [-0.15, -0.1) is 0 Å². The Bertz CT molecular complexity index is 1420. The van der Waals surface area contributed by atoms with Crippen LogP contribution in [0.15, 0.2) is 103 Å². The van der Waals surface area contributed by atoms with E-state index in [1.165, 1.54) is 22.9 Å². The van der Waals surface area contributed by atoms with E-state index in [2.05, 4.69) is 34.7 Å². The first-order valence-electron chi connectivity index (χ1n) is 10.9. The van der Waals surface area contributed by atoms with Gasteiger partial charge in [-0.3, -0.25) is 9.48 Å². The zero-order valence-electron chi connectivity index (χ0n) is 18.3. The van der Waals surface area contributed by atoms with E-state index in [0.717, 1.165) is 11.1 Å². The van der Waals surface area contributed by atoms with E-state index < -0.39 is 0 Å². The summed E-state index contributed by atoms with van der Waals surface area (Å²) < 4.78 is 20.4. The van der Waals surface area contributed by atoms with Crippen LogP contribution in [0.5, 0.6) is 5.75 Å². The summed E-state index contributed by atoms with van der Waals surface area (Å²) in [5.41, 5.74) is 3.24. The normalized spacial score (nSPS) is 10.9. The highest BCUT2D eigenvalue weighted by Gasteiger charge is 2.09. The van der Waals surface area contributed by atoms with Crippen molar-refractivity contribution < 1.29 is 13.9 Å². The summed E-state index contributed by atoms with van der Waals surface area (Å²) in [6.07, 6.45) is 3.47. The quantitative estimate of drug-likeness (QED) is 0.327. The Balaban J connectivity index is 1.19. The molecular weight excluding hydrogens is 429 g/mol. The second-order valence-electron chi connectivity index (χ2n) is 7.96. The molecule has 0 aliphatic heterocycles. The number of amides is 1. The van der Waals surface area contributed by atoms with Crippen molar-refractivity contribution in [2.45, 2.75) is 13.2 Å². The number of halogens is 1. The molecule has 168 valence electrons. The molecule has 5 nitrogen and oxygen atoms in total. The van der Waals surface area contributed by atoms with Crippen molar-refractivity contribution in [2.75, 3.05) is 5.32 Å². The molecule has 0 unspecified atom stereocenters. The number of hydrogen-bond donors (Lipinski definition) is 1. The molecule has 0 aliphatic carbocycles. The SMILES string of the molecule is O=C(Nc1cnn(Cc2cccc3ccccc23)c1)c1ccc(COc2ccc(F)cc2)cc1. The number of carbonyl (C=O) groups is 1. The number of fused-ring (bicyclic) bond motifs is 1. The maximum Gasteiger partial charge on any atom is 0.255 e. The minimum absolute atomic E-state index is 0.212. The number of benzene rings is 4. The third-order valence-corrected chi connectivity index (χ3v) is 5.54. The van der Waals surface area contributed by atoms with Gasteiger partial charge in [-0.25, -0.2) is 4.39 Å². The van der Waals surface area contributed by atoms with E-state index in [1.54, 1.807) is 30.5 Å².